The van der Waals surface area contributed by atoms with Crippen LogP contribution in [0, 0.1) is 5.92 Å². The van der Waals surface area contributed by atoms with Crippen LogP contribution in [0.5, 0.6) is 5.75 Å². The number of hydrogen-bond donors (Lipinski definition) is 0. The number of aromatic nitrogens is 2. The maximum atomic E-state index is 12.3. The van der Waals surface area contributed by atoms with Gasteiger partial charge in [0.15, 0.2) is 0 Å². The minimum absolute atomic E-state index is 0.101. The molecule has 140 valence electrons. The van der Waals surface area contributed by atoms with E-state index < -0.39 is 0 Å². The molecule has 1 aliphatic rings. The molecule has 0 spiro atoms. The van der Waals surface area contributed by atoms with Crippen molar-refractivity contribution >= 4 is 5.91 Å². The van der Waals surface area contributed by atoms with E-state index in [0.717, 1.165) is 43.9 Å². The quantitative estimate of drug-likeness (QED) is 0.790. The largest absolute Gasteiger partial charge is 0.497 e. The normalized spacial score (nSPS) is 16.5. The Kier molecular flexibility index (Phi) is 5.88. The Morgan fingerprint density at radius 3 is 2.54 bits per heavy atom. The number of carbonyl (C=O) groups excluding carboxylic acids is 1. The molecule has 0 N–H and O–H groups in total. The molecule has 1 aliphatic heterocycles. The van der Waals surface area contributed by atoms with E-state index in [1.807, 2.05) is 36.1 Å². The van der Waals surface area contributed by atoms with Crippen molar-refractivity contribution in [2.45, 2.75) is 26.8 Å². The highest BCUT2D eigenvalue weighted by molar-refractivity contribution is 5.78. The van der Waals surface area contributed by atoms with Crippen LogP contribution >= 0.6 is 0 Å². The Balaban J connectivity index is 1.54. The van der Waals surface area contributed by atoms with Gasteiger partial charge in [0.05, 0.1) is 13.7 Å². The van der Waals surface area contributed by atoms with Gasteiger partial charge in [-0.3, -0.25) is 9.69 Å². The second-order valence-corrected chi connectivity index (χ2v) is 6.65. The summed E-state index contributed by atoms with van der Waals surface area (Å²) in [5.74, 6) is 2.32. The Bertz CT molecular complexity index is 721. The fourth-order valence-corrected chi connectivity index (χ4v) is 2.98. The van der Waals surface area contributed by atoms with Crippen molar-refractivity contribution in [1.82, 2.24) is 19.9 Å². The summed E-state index contributed by atoms with van der Waals surface area (Å²) in [7, 11) is 1.64. The molecule has 1 aromatic carbocycles. The summed E-state index contributed by atoms with van der Waals surface area (Å²) in [5.41, 5.74) is 0.893. The molecule has 1 saturated heterocycles. The summed E-state index contributed by atoms with van der Waals surface area (Å²) in [6.45, 7) is 7.80. The summed E-state index contributed by atoms with van der Waals surface area (Å²) < 4.78 is 10.6. The van der Waals surface area contributed by atoms with Gasteiger partial charge in [0.25, 0.3) is 0 Å². The summed E-state index contributed by atoms with van der Waals surface area (Å²) in [4.78, 5) is 20.9. The van der Waals surface area contributed by atoms with Crippen molar-refractivity contribution in [3.05, 3.63) is 30.2 Å². The average molecular weight is 358 g/mol. The van der Waals surface area contributed by atoms with E-state index in [9.17, 15) is 4.79 Å². The molecule has 7 heteroatoms. The van der Waals surface area contributed by atoms with Crippen molar-refractivity contribution in [3.8, 4) is 17.1 Å². The number of methoxy groups -OCH3 is 1. The van der Waals surface area contributed by atoms with Gasteiger partial charge in [-0.15, -0.1) is 0 Å². The van der Waals surface area contributed by atoms with E-state index >= 15 is 0 Å². The molecule has 7 nitrogen and oxygen atoms in total. The molecule has 1 aromatic heterocycles. The number of amides is 1. The summed E-state index contributed by atoms with van der Waals surface area (Å²) in [5, 5.41) is 4.07. The highest BCUT2D eigenvalue weighted by Crippen LogP contribution is 2.20. The summed E-state index contributed by atoms with van der Waals surface area (Å²) in [6, 6.07) is 7.57. The molecule has 0 saturated carbocycles. The van der Waals surface area contributed by atoms with Gasteiger partial charge in [-0.25, -0.2) is 0 Å². The lowest BCUT2D eigenvalue weighted by atomic mass is 10.1. The van der Waals surface area contributed by atoms with Crippen molar-refractivity contribution in [3.63, 3.8) is 0 Å². The minimum atomic E-state index is 0.101. The lowest BCUT2D eigenvalue weighted by Gasteiger charge is -2.35. The highest BCUT2D eigenvalue weighted by atomic mass is 16.5. The number of nitrogens with zero attached hydrogens (tertiary/aromatic N) is 4. The Morgan fingerprint density at radius 1 is 1.23 bits per heavy atom. The van der Waals surface area contributed by atoms with Crippen LogP contribution in [0.25, 0.3) is 11.4 Å². The van der Waals surface area contributed by atoms with Gasteiger partial charge in [-0.05, 0) is 30.7 Å². The molecule has 0 unspecified atom stereocenters. The number of carbonyl (C=O) groups is 1. The number of benzene rings is 1. The predicted molar refractivity (Wildman–Crippen MR) is 97.6 cm³/mol. The lowest BCUT2D eigenvalue weighted by Crippen LogP contribution is -2.49. The highest BCUT2D eigenvalue weighted by Gasteiger charge is 2.25. The van der Waals surface area contributed by atoms with E-state index in [-0.39, 0.29) is 11.8 Å². The van der Waals surface area contributed by atoms with Crippen molar-refractivity contribution in [2.24, 2.45) is 5.92 Å². The van der Waals surface area contributed by atoms with E-state index in [1.165, 1.54) is 0 Å². The molecule has 3 rings (SSSR count). The SMILES string of the molecule is CC[C@@H](C)C(=O)N1CCN(Cc2nc(-c3ccc(OC)cc3)no2)CC1. The second-order valence-electron chi connectivity index (χ2n) is 6.65. The van der Waals surface area contributed by atoms with Gasteiger partial charge in [-0.1, -0.05) is 19.0 Å². The first-order valence-corrected chi connectivity index (χ1v) is 9.09. The van der Waals surface area contributed by atoms with E-state index in [4.69, 9.17) is 9.26 Å². The fraction of sp³-hybridized carbons (Fsp3) is 0.526. The maximum absolute atomic E-state index is 12.3. The first-order valence-electron chi connectivity index (χ1n) is 9.09. The van der Waals surface area contributed by atoms with Crippen molar-refractivity contribution in [1.29, 1.82) is 0 Å². The Hall–Kier alpha value is -2.41. The van der Waals surface area contributed by atoms with Crippen LogP contribution in [0.15, 0.2) is 28.8 Å². The molecular weight excluding hydrogens is 332 g/mol. The van der Waals surface area contributed by atoms with Gasteiger partial charge < -0.3 is 14.2 Å². The second kappa shape index (κ2) is 8.31. The summed E-state index contributed by atoms with van der Waals surface area (Å²) in [6.07, 6.45) is 0.884. The minimum Gasteiger partial charge on any atom is -0.497 e. The third kappa shape index (κ3) is 4.22. The molecule has 1 fully saturated rings. The first kappa shape index (κ1) is 18.4. The van der Waals surface area contributed by atoms with Crippen LogP contribution in [0.1, 0.15) is 26.2 Å². The van der Waals surface area contributed by atoms with Crippen LogP contribution in [0.4, 0.5) is 0 Å². The standard InChI is InChI=1S/C19H26N4O3/c1-4-14(2)19(24)23-11-9-22(10-12-23)13-17-20-18(21-26-17)15-5-7-16(25-3)8-6-15/h5-8,14H,4,9-13H2,1-3H3/t14-/m1/s1. The van der Waals surface area contributed by atoms with E-state index in [1.54, 1.807) is 7.11 Å². The number of hydrogen-bond acceptors (Lipinski definition) is 6. The molecule has 2 aromatic rings. The molecule has 1 amide bonds. The van der Waals surface area contributed by atoms with Gasteiger partial charge in [-0.2, -0.15) is 4.98 Å². The zero-order chi connectivity index (χ0) is 18.5. The van der Waals surface area contributed by atoms with Gasteiger partial charge in [0, 0.05) is 37.7 Å². The molecular formula is C19H26N4O3. The zero-order valence-corrected chi connectivity index (χ0v) is 15.6. The predicted octanol–water partition coefficient (Wildman–Crippen LogP) is 2.44. The van der Waals surface area contributed by atoms with Gasteiger partial charge in [0.2, 0.25) is 17.6 Å². The Morgan fingerprint density at radius 2 is 1.92 bits per heavy atom. The fourth-order valence-electron chi connectivity index (χ4n) is 2.98. The maximum Gasteiger partial charge on any atom is 0.241 e. The first-order chi connectivity index (χ1) is 12.6. The van der Waals surface area contributed by atoms with Crippen LogP contribution in [-0.4, -0.2) is 59.1 Å². The zero-order valence-electron chi connectivity index (χ0n) is 15.6. The molecule has 0 radical (unpaired) electrons. The number of piperazine rings is 1. The average Bonchev–Trinajstić information content (AvgIpc) is 3.16. The summed E-state index contributed by atoms with van der Waals surface area (Å²) >= 11 is 0. The lowest BCUT2D eigenvalue weighted by molar-refractivity contribution is -0.136. The molecule has 26 heavy (non-hydrogen) atoms. The molecule has 1 atom stereocenters. The van der Waals surface area contributed by atoms with Crippen LogP contribution in [-0.2, 0) is 11.3 Å². The molecule has 0 aliphatic carbocycles. The molecule has 0 bridgehead atoms. The van der Waals surface area contributed by atoms with Crippen molar-refractivity contribution < 1.29 is 14.1 Å². The molecule has 2 heterocycles. The van der Waals surface area contributed by atoms with Crippen LogP contribution < -0.4 is 4.74 Å². The van der Waals surface area contributed by atoms with Crippen LogP contribution in [0.3, 0.4) is 0 Å². The third-order valence-electron chi connectivity index (χ3n) is 4.89. The van der Waals surface area contributed by atoms with E-state index in [0.29, 0.717) is 18.3 Å². The smallest absolute Gasteiger partial charge is 0.241 e. The monoisotopic (exact) mass is 358 g/mol. The third-order valence-corrected chi connectivity index (χ3v) is 4.89. The number of rotatable bonds is 6. The van der Waals surface area contributed by atoms with Gasteiger partial charge >= 0.3 is 0 Å². The topological polar surface area (TPSA) is 71.7 Å². The van der Waals surface area contributed by atoms with Crippen molar-refractivity contribution in [2.75, 3.05) is 33.3 Å². The van der Waals surface area contributed by atoms with E-state index in [2.05, 4.69) is 22.0 Å². The van der Waals surface area contributed by atoms with Gasteiger partial charge in [0.1, 0.15) is 5.75 Å². The van der Waals surface area contributed by atoms with Crippen LogP contribution in [0.2, 0.25) is 0 Å². The Labute approximate surface area is 153 Å². The number of ether oxygens (including phenoxy) is 1.